The fourth-order valence-electron chi connectivity index (χ4n) is 0.964. The molecule has 1 heteroatoms. The zero-order valence-electron chi connectivity index (χ0n) is 6.17. The molecule has 0 bridgehead atoms. The number of aryl methyl sites for hydroxylation is 1. The third-order valence-electron chi connectivity index (χ3n) is 1.54. The van der Waals surface area contributed by atoms with Crippen molar-refractivity contribution >= 4 is 19.8 Å². The predicted molar refractivity (Wildman–Crippen MR) is 49.5 cm³/mol. The molecule has 0 aliphatic rings. The van der Waals surface area contributed by atoms with Gasteiger partial charge < -0.3 is 0 Å². The molecule has 10 heavy (non-hydrogen) atoms. The van der Waals surface area contributed by atoms with Gasteiger partial charge in [-0.3, -0.25) is 0 Å². The first-order valence-electron chi connectivity index (χ1n) is 3.43. The summed E-state index contributed by atoms with van der Waals surface area (Å²) in [7, 11) is 1.13. The quantitative estimate of drug-likeness (QED) is 0.567. The van der Waals surface area contributed by atoms with Crippen LogP contribution in [-0.2, 0) is 6.42 Å². The van der Waals surface area contributed by atoms with Crippen LogP contribution in [-0.4, -0.2) is 6.30 Å². The minimum atomic E-state index is 1.11. The topological polar surface area (TPSA) is 0 Å². The van der Waals surface area contributed by atoms with Crippen molar-refractivity contribution in [2.75, 3.05) is 0 Å². The van der Waals surface area contributed by atoms with E-state index in [-0.39, 0.29) is 0 Å². The molecule has 0 spiro atoms. The van der Waals surface area contributed by atoms with Crippen LogP contribution in [0.2, 0.25) is 0 Å². The van der Waals surface area contributed by atoms with E-state index in [1.807, 2.05) is 0 Å². The van der Waals surface area contributed by atoms with E-state index < -0.39 is 0 Å². The van der Waals surface area contributed by atoms with Crippen molar-refractivity contribution in [1.82, 2.24) is 0 Å². The van der Waals surface area contributed by atoms with Crippen molar-refractivity contribution in [3.05, 3.63) is 29.8 Å². The van der Waals surface area contributed by atoms with Crippen molar-refractivity contribution in [3.8, 4) is 0 Å². The maximum atomic E-state index is 3.84. The van der Waals surface area contributed by atoms with E-state index >= 15 is 0 Å². The fourth-order valence-corrected chi connectivity index (χ4v) is 1.59. The molecule has 0 radical (unpaired) electrons. The van der Waals surface area contributed by atoms with Gasteiger partial charge in [0.15, 0.2) is 0 Å². The molecule has 0 fully saturated rings. The Kier molecular flexibility index (Phi) is 2.65. The first kappa shape index (κ1) is 7.50. The third-order valence-corrected chi connectivity index (χ3v) is 2.32. The van der Waals surface area contributed by atoms with Crippen molar-refractivity contribution in [3.63, 3.8) is 0 Å². The predicted octanol–water partition coefficient (Wildman–Crippen LogP) is 2.25. The maximum absolute atomic E-state index is 3.84. The maximum Gasteiger partial charge on any atom is 0.00439 e. The van der Waals surface area contributed by atoms with Gasteiger partial charge in [0.1, 0.15) is 0 Å². The van der Waals surface area contributed by atoms with Gasteiger partial charge in [-0.05, 0) is 12.0 Å². The zero-order chi connectivity index (χ0) is 7.40. The van der Waals surface area contributed by atoms with Crippen molar-refractivity contribution in [2.24, 2.45) is 0 Å². The monoisotopic (exact) mass is 150 g/mol. The molecule has 0 aliphatic carbocycles. The summed E-state index contributed by atoms with van der Waals surface area (Å²) in [6.07, 6.45) is 4.95. The molecule has 0 nitrogen and oxygen atoms in total. The lowest BCUT2D eigenvalue weighted by atomic mass is 10.2. The lowest BCUT2D eigenvalue weighted by Crippen LogP contribution is -1.98. The van der Waals surface area contributed by atoms with Crippen LogP contribution in [0.1, 0.15) is 12.5 Å². The molecule has 0 saturated heterocycles. The largest absolute Gasteiger partial charge is 0.0761 e. The third kappa shape index (κ3) is 1.46. The second-order valence-corrected chi connectivity index (χ2v) is 2.94. The van der Waals surface area contributed by atoms with E-state index in [4.69, 9.17) is 0 Å². The summed E-state index contributed by atoms with van der Waals surface area (Å²) in [6.45, 7) is 2.17. The Morgan fingerprint density at radius 2 is 2.10 bits per heavy atom. The summed E-state index contributed by atoms with van der Waals surface area (Å²) >= 11 is 0. The van der Waals surface area contributed by atoms with Crippen LogP contribution in [0.3, 0.4) is 0 Å². The Bertz CT molecular complexity index is 228. The second-order valence-electron chi connectivity index (χ2n) is 2.14. The summed E-state index contributed by atoms with van der Waals surface area (Å²) < 4.78 is 0. The average Bonchev–Trinajstić information content (AvgIpc) is 2.04. The highest BCUT2D eigenvalue weighted by atomic mass is 31.1. The van der Waals surface area contributed by atoms with Crippen LogP contribution in [0.25, 0.3) is 0 Å². The Morgan fingerprint density at radius 3 is 2.60 bits per heavy atom. The normalized spacial score (nSPS) is 10.1. The molecule has 0 unspecified atom stereocenters. The van der Waals surface area contributed by atoms with Gasteiger partial charge in [-0.25, -0.2) is 0 Å². The molecule has 0 amide bonds. The van der Waals surface area contributed by atoms with Gasteiger partial charge in [-0.15, -0.1) is 0 Å². The summed E-state index contributed by atoms with van der Waals surface area (Å²) in [5.74, 6) is 0. The highest BCUT2D eigenvalue weighted by Gasteiger charge is 1.92. The molecular weight excluding hydrogens is 139 g/mol. The molecule has 0 atom stereocenters. The molecule has 1 aromatic carbocycles. The van der Waals surface area contributed by atoms with Gasteiger partial charge in [0.2, 0.25) is 0 Å². The molecule has 52 valence electrons. The molecule has 0 saturated carbocycles. The standard InChI is InChI=1S/C9H11P/c1-3-8-6-4-5-7-9(8)10-2/h4-7H,2-3H2,1H3. The van der Waals surface area contributed by atoms with E-state index in [1.165, 1.54) is 10.9 Å². The van der Waals surface area contributed by atoms with E-state index in [0.29, 0.717) is 0 Å². The molecule has 1 rings (SSSR count). The molecule has 0 aromatic heterocycles. The van der Waals surface area contributed by atoms with E-state index in [1.54, 1.807) is 0 Å². The number of benzene rings is 1. The van der Waals surface area contributed by atoms with Gasteiger partial charge in [0, 0.05) is 5.30 Å². The molecule has 1 aromatic rings. The van der Waals surface area contributed by atoms with Crippen LogP contribution >= 0.6 is 8.20 Å². The van der Waals surface area contributed by atoms with Gasteiger partial charge >= 0.3 is 0 Å². The SMILES string of the molecule is C=Pc1ccccc1CC. The lowest BCUT2D eigenvalue weighted by molar-refractivity contribution is 1.16. The van der Waals surface area contributed by atoms with Gasteiger partial charge in [0.25, 0.3) is 0 Å². The second kappa shape index (κ2) is 3.53. The van der Waals surface area contributed by atoms with Crippen LogP contribution in [0.5, 0.6) is 0 Å². The molecule has 0 N–H and O–H groups in total. The Balaban J connectivity index is 3.08. The van der Waals surface area contributed by atoms with E-state index in [0.717, 1.165) is 14.6 Å². The van der Waals surface area contributed by atoms with Crippen molar-refractivity contribution in [1.29, 1.82) is 0 Å². The van der Waals surface area contributed by atoms with Gasteiger partial charge in [0.05, 0.1) is 0 Å². The first-order valence-corrected chi connectivity index (χ1v) is 4.51. The summed E-state index contributed by atoms with van der Waals surface area (Å²) in [5, 5.41) is 1.35. The summed E-state index contributed by atoms with van der Waals surface area (Å²) in [6, 6.07) is 8.43. The Hall–Kier alpha value is -0.610. The van der Waals surface area contributed by atoms with Crippen LogP contribution < -0.4 is 5.30 Å². The van der Waals surface area contributed by atoms with Gasteiger partial charge in [-0.1, -0.05) is 45.7 Å². The van der Waals surface area contributed by atoms with Crippen LogP contribution in [0.15, 0.2) is 24.3 Å². The molecule has 0 aliphatic heterocycles. The van der Waals surface area contributed by atoms with Crippen molar-refractivity contribution in [2.45, 2.75) is 13.3 Å². The van der Waals surface area contributed by atoms with Crippen molar-refractivity contribution < 1.29 is 0 Å². The Morgan fingerprint density at radius 1 is 1.40 bits per heavy atom. The Labute approximate surface area is 63.7 Å². The first-order chi connectivity index (χ1) is 4.88. The minimum absolute atomic E-state index is 1.11. The highest BCUT2D eigenvalue weighted by molar-refractivity contribution is 7.45. The number of rotatable bonds is 2. The molecular formula is C9H11P. The zero-order valence-corrected chi connectivity index (χ0v) is 7.07. The minimum Gasteiger partial charge on any atom is -0.0761 e. The fraction of sp³-hybridized carbons (Fsp3) is 0.222. The summed E-state index contributed by atoms with van der Waals surface area (Å²) in [4.78, 5) is 0. The number of hydrogen-bond donors (Lipinski definition) is 0. The summed E-state index contributed by atoms with van der Waals surface area (Å²) in [5.41, 5.74) is 1.42. The van der Waals surface area contributed by atoms with E-state index in [9.17, 15) is 0 Å². The van der Waals surface area contributed by atoms with E-state index in [2.05, 4.69) is 37.5 Å². The number of hydrogen-bond acceptors (Lipinski definition) is 0. The average molecular weight is 150 g/mol. The van der Waals surface area contributed by atoms with Crippen LogP contribution in [0.4, 0.5) is 0 Å². The smallest absolute Gasteiger partial charge is 0.00439 e. The lowest BCUT2D eigenvalue weighted by Gasteiger charge is -1.99. The van der Waals surface area contributed by atoms with Gasteiger partial charge in [-0.2, -0.15) is 0 Å². The molecule has 0 heterocycles. The van der Waals surface area contributed by atoms with Crippen LogP contribution in [0, 0.1) is 0 Å². The highest BCUT2D eigenvalue weighted by Crippen LogP contribution is 2.03.